The van der Waals surface area contributed by atoms with Crippen molar-refractivity contribution < 1.29 is 17.9 Å². The van der Waals surface area contributed by atoms with Gasteiger partial charge in [0, 0.05) is 12.1 Å². The lowest BCUT2D eigenvalue weighted by atomic mass is 9.90. The molecule has 0 spiro atoms. The number of ether oxygens (including phenoxy) is 1. The largest absolute Gasteiger partial charge is 0.474 e. The fourth-order valence-corrected chi connectivity index (χ4v) is 5.09. The molecule has 1 atom stereocenters. The molecule has 11 nitrogen and oxygen atoms in total. The van der Waals surface area contributed by atoms with Gasteiger partial charge in [0.2, 0.25) is 5.88 Å². The molecule has 12 heteroatoms. The molecule has 37 heavy (non-hydrogen) atoms. The molecule has 1 fully saturated rings. The van der Waals surface area contributed by atoms with Gasteiger partial charge >= 0.3 is 0 Å². The number of sulfonamides is 1. The first-order valence-electron chi connectivity index (χ1n) is 12.0. The summed E-state index contributed by atoms with van der Waals surface area (Å²) < 4.78 is 33.4. The quantitative estimate of drug-likeness (QED) is 0.470. The van der Waals surface area contributed by atoms with Gasteiger partial charge in [-0.25, -0.2) is 24.7 Å². The molecule has 0 aliphatic carbocycles. The van der Waals surface area contributed by atoms with Crippen molar-refractivity contribution in [3.63, 3.8) is 0 Å². The van der Waals surface area contributed by atoms with E-state index >= 15 is 0 Å². The van der Waals surface area contributed by atoms with E-state index in [0.29, 0.717) is 35.5 Å². The number of nitrogen functional groups attached to an aromatic ring is 1. The Balaban J connectivity index is 1.73. The summed E-state index contributed by atoms with van der Waals surface area (Å²) in [5.41, 5.74) is 6.40. The molecule has 0 bridgehead atoms. The number of nitrogens with one attached hydrogen (secondary N) is 1. The minimum atomic E-state index is -4.26. The molecule has 1 aliphatic heterocycles. The third kappa shape index (κ3) is 5.48. The van der Waals surface area contributed by atoms with Gasteiger partial charge in [0.1, 0.15) is 17.3 Å². The predicted octanol–water partition coefficient (Wildman–Crippen LogP) is 3.05. The number of pyridine rings is 2. The van der Waals surface area contributed by atoms with Crippen molar-refractivity contribution in [1.82, 2.24) is 24.7 Å². The standard InChI is InChI=1S/C25H31N7O4S/c1-15(2)36-21-14-27-19(13-28-21)18-10-9-17(23(29-18)32-12-11-16(3)25(32,4)5)24(33)31-37(34,35)22-8-6-7-20(26)30-22/h6-10,13-16H,11-12H2,1-5H3,(H2,26,30)(H,31,33). The Kier molecular flexibility index (Phi) is 7.05. The summed E-state index contributed by atoms with van der Waals surface area (Å²) in [5, 5.41) is -0.346. The van der Waals surface area contributed by atoms with Crippen molar-refractivity contribution in [2.75, 3.05) is 17.2 Å². The topological polar surface area (TPSA) is 153 Å². The average Bonchev–Trinajstić information content (AvgIpc) is 3.10. The monoisotopic (exact) mass is 525 g/mol. The van der Waals surface area contributed by atoms with E-state index in [4.69, 9.17) is 15.5 Å². The molecule has 196 valence electrons. The summed E-state index contributed by atoms with van der Waals surface area (Å²) in [5.74, 6) is 0.289. The number of carbonyl (C=O) groups excluding carboxylic acids is 1. The smallest absolute Gasteiger partial charge is 0.281 e. The second-order valence-corrected chi connectivity index (χ2v) is 11.4. The molecule has 4 rings (SSSR count). The number of nitrogens with zero attached hydrogens (tertiary/aromatic N) is 5. The van der Waals surface area contributed by atoms with Crippen LogP contribution in [0, 0.1) is 5.92 Å². The van der Waals surface area contributed by atoms with Crippen molar-refractivity contribution in [3.05, 3.63) is 48.3 Å². The Hall–Kier alpha value is -3.80. The highest BCUT2D eigenvalue weighted by molar-refractivity contribution is 7.90. The summed E-state index contributed by atoms with van der Waals surface area (Å²) in [6.45, 7) is 10.7. The third-order valence-electron chi connectivity index (χ3n) is 6.56. The van der Waals surface area contributed by atoms with Crippen LogP contribution in [0.25, 0.3) is 11.4 Å². The van der Waals surface area contributed by atoms with Gasteiger partial charge in [-0.1, -0.05) is 13.0 Å². The number of hydrogen-bond donors (Lipinski definition) is 2. The second kappa shape index (κ2) is 9.92. The van der Waals surface area contributed by atoms with E-state index in [1.165, 1.54) is 24.4 Å². The second-order valence-electron chi connectivity index (χ2n) is 9.80. The Labute approximate surface area is 216 Å². The van der Waals surface area contributed by atoms with Crippen LogP contribution in [0.4, 0.5) is 11.6 Å². The van der Waals surface area contributed by atoms with Crippen LogP contribution in [0.3, 0.4) is 0 Å². The number of hydrogen-bond acceptors (Lipinski definition) is 10. The van der Waals surface area contributed by atoms with E-state index in [1.807, 2.05) is 18.7 Å². The number of carbonyl (C=O) groups is 1. The van der Waals surface area contributed by atoms with Crippen LogP contribution < -0.4 is 20.1 Å². The van der Waals surface area contributed by atoms with Crippen LogP contribution in [-0.4, -0.2) is 52.4 Å². The highest BCUT2D eigenvalue weighted by Crippen LogP contribution is 2.39. The summed E-state index contributed by atoms with van der Waals surface area (Å²) in [7, 11) is -4.26. The lowest BCUT2D eigenvalue weighted by Crippen LogP contribution is -2.43. The predicted molar refractivity (Wildman–Crippen MR) is 140 cm³/mol. The maximum Gasteiger partial charge on any atom is 0.281 e. The Morgan fingerprint density at radius 3 is 2.49 bits per heavy atom. The zero-order valence-corrected chi connectivity index (χ0v) is 22.3. The molecule has 3 aromatic rings. The van der Waals surface area contributed by atoms with Gasteiger partial charge < -0.3 is 15.4 Å². The number of aromatic nitrogens is 4. The van der Waals surface area contributed by atoms with Crippen molar-refractivity contribution in [3.8, 4) is 17.3 Å². The molecule has 4 heterocycles. The molecule has 0 saturated carbocycles. The Morgan fingerprint density at radius 2 is 1.89 bits per heavy atom. The molecule has 1 aliphatic rings. The van der Waals surface area contributed by atoms with Gasteiger partial charge in [0.05, 0.1) is 29.8 Å². The molecule has 3 aromatic heterocycles. The number of rotatable bonds is 7. The van der Waals surface area contributed by atoms with Gasteiger partial charge in [-0.2, -0.15) is 8.42 Å². The number of anilines is 2. The Bertz CT molecular complexity index is 1410. The van der Waals surface area contributed by atoms with Gasteiger partial charge in [-0.05, 0) is 64.3 Å². The average molecular weight is 526 g/mol. The number of amides is 1. The summed E-state index contributed by atoms with van der Waals surface area (Å²) in [6, 6.07) is 7.35. The first-order chi connectivity index (χ1) is 17.4. The lowest BCUT2D eigenvalue weighted by Gasteiger charge is -2.36. The summed E-state index contributed by atoms with van der Waals surface area (Å²) >= 11 is 0. The van der Waals surface area contributed by atoms with E-state index in [1.54, 1.807) is 18.3 Å². The minimum absolute atomic E-state index is 0.0285. The van der Waals surface area contributed by atoms with Crippen LogP contribution in [-0.2, 0) is 10.0 Å². The van der Waals surface area contributed by atoms with E-state index < -0.39 is 15.9 Å². The zero-order chi connectivity index (χ0) is 27.0. The molecule has 1 saturated heterocycles. The van der Waals surface area contributed by atoms with Gasteiger partial charge in [0.15, 0.2) is 5.03 Å². The van der Waals surface area contributed by atoms with Crippen molar-refractivity contribution in [1.29, 1.82) is 0 Å². The van der Waals surface area contributed by atoms with Gasteiger partial charge in [0.25, 0.3) is 15.9 Å². The van der Waals surface area contributed by atoms with Crippen LogP contribution >= 0.6 is 0 Å². The lowest BCUT2D eigenvalue weighted by molar-refractivity contribution is 0.0981. The fraction of sp³-hybridized carbons (Fsp3) is 0.400. The Morgan fingerprint density at radius 1 is 1.14 bits per heavy atom. The van der Waals surface area contributed by atoms with Gasteiger partial charge in [-0.3, -0.25) is 4.79 Å². The highest BCUT2D eigenvalue weighted by atomic mass is 32.2. The SMILES string of the molecule is CC(C)Oc1cnc(-c2ccc(C(=O)NS(=O)(=O)c3cccc(N)n3)c(N3CCC(C)C3(C)C)n2)cn1. The maximum absolute atomic E-state index is 13.3. The minimum Gasteiger partial charge on any atom is -0.474 e. The summed E-state index contributed by atoms with van der Waals surface area (Å²) in [4.78, 5) is 32.7. The first kappa shape index (κ1) is 26.3. The fourth-order valence-electron chi connectivity index (χ4n) is 4.14. The van der Waals surface area contributed by atoms with E-state index in [-0.39, 0.29) is 28.1 Å². The van der Waals surface area contributed by atoms with Crippen LogP contribution in [0.15, 0.2) is 47.8 Å². The van der Waals surface area contributed by atoms with Crippen LogP contribution in [0.5, 0.6) is 5.88 Å². The molecule has 1 amide bonds. The third-order valence-corrected chi connectivity index (χ3v) is 7.79. The van der Waals surface area contributed by atoms with Crippen LogP contribution in [0.1, 0.15) is 51.4 Å². The molecule has 0 radical (unpaired) electrons. The van der Waals surface area contributed by atoms with E-state index in [9.17, 15) is 13.2 Å². The number of nitrogens with two attached hydrogens (primary N) is 1. The van der Waals surface area contributed by atoms with Crippen LogP contribution in [0.2, 0.25) is 0 Å². The maximum atomic E-state index is 13.3. The highest BCUT2D eigenvalue weighted by Gasteiger charge is 2.41. The molecule has 0 aromatic carbocycles. The van der Waals surface area contributed by atoms with E-state index in [2.05, 4.69) is 40.4 Å². The first-order valence-corrected chi connectivity index (χ1v) is 13.4. The normalized spacial score (nSPS) is 17.1. The van der Waals surface area contributed by atoms with E-state index in [0.717, 1.165) is 6.42 Å². The molecule has 1 unspecified atom stereocenters. The molecular weight excluding hydrogens is 494 g/mol. The van der Waals surface area contributed by atoms with Crippen molar-refractivity contribution in [2.24, 2.45) is 5.92 Å². The zero-order valence-electron chi connectivity index (χ0n) is 21.5. The van der Waals surface area contributed by atoms with Crippen molar-refractivity contribution in [2.45, 2.75) is 57.7 Å². The molecule has 3 N–H and O–H groups in total. The molecular formula is C25H31N7O4S. The summed E-state index contributed by atoms with van der Waals surface area (Å²) in [6.07, 6.45) is 3.93. The van der Waals surface area contributed by atoms with Crippen molar-refractivity contribution >= 4 is 27.6 Å². The van der Waals surface area contributed by atoms with Gasteiger partial charge in [-0.15, -0.1) is 0 Å².